The van der Waals surface area contributed by atoms with Crippen molar-refractivity contribution in [2.24, 2.45) is 0 Å². The maximum absolute atomic E-state index is 12.5. The smallest absolute Gasteiger partial charge is 0.251 e. The van der Waals surface area contributed by atoms with Crippen molar-refractivity contribution >= 4 is 21.6 Å². The summed E-state index contributed by atoms with van der Waals surface area (Å²) in [6.45, 7) is 6.46. The monoisotopic (exact) mass is 466 g/mol. The van der Waals surface area contributed by atoms with Crippen LogP contribution in [0.5, 0.6) is 5.75 Å². The molecule has 33 heavy (non-hydrogen) atoms. The van der Waals surface area contributed by atoms with Crippen molar-refractivity contribution in [2.45, 2.75) is 40.0 Å². The Kier molecular flexibility index (Phi) is 7.76. The predicted molar refractivity (Wildman–Crippen MR) is 132 cm³/mol. The van der Waals surface area contributed by atoms with Crippen LogP contribution in [0.1, 0.15) is 40.9 Å². The Morgan fingerprint density at radius 1 is 0.970 bits per heavy atom. The molecule has 1 amide bonds. The molecule has 0 aromatic heterocycles. The third-order valence-electron chi connectivity index (χ3n) is 4.98. The average Bonchev–Trinajstić information content (AvgIpc) is 2.76. The van der Waals surface area contributed by atoms with Gasteiger partial charge >= 0.3 is 0 Å². The minimum absolute atomic E-state index is 0.111. The maximum atomic E-state index is 12.5. The number of nitrogens with one attached hydrogen (secondary N) is 1. The number of rotatable bonds is 9. The molecule has 0 heterocycles. The lowest BCUT2D eigenvalue weighted by atomic mass is 10.1. The van der Waals surface area contributed by atoms with Crippen LogP contribution in [0.4, 0.5) is 5.69 Å². The highest BCUT2D eigenvalue weighted by molar-refractivity contribution is 7.92. The van der Waals surface area contributed by atoms with Crippen LogP contribution < -0.4 is 14.4 Å². The number of aryl methyl sites for hydroxylation is 1. The predicted octanol–water partition coefficient (Wildman–Crippen LogP) is 4.68. The summed E-state index contributed by atoms with van der Waals surface area (Å²) in [5.41, 5.74) is 3.87. The molecule has 0 saturated heterocycles. The standard InChI is InChI=1S/C26H30N2O4S/c1-19(2)32-25-14-10-21(11-15-25)17-27-26(29)23-12-8-22(9-13-23)18-28(33(4,30)31)24-7-5-6-20(3)16-24/h5-16,19H,17-18H2,1-4H3,(H,27,29). The molecule has 3 rings (SSSR count). The van der Waals surface area contributed by atoms with E-state index in [0.717, 1.165) is 22.4 Å². The molecule has 6 nitrogen and oxygen atoms in total. The summed E-state index contributed by atoms with van der Waals surface area (Å²) in [6.07, 6.45) is 1.30. The van der Waals surface area contributed by atoms with Gasteiger partial charge in [-0.3, -0.25) is 9.10 Å². The molecule has 174 valence electrons. The largest absolute Gasteiger partial charge is 0.491 e. The van der Waals surface area contributed by atoms with E-state index in [1.807, 2.05) is 63.2 Å². The molecule has 0 aliphatic heterocycles. The second-order valence-corrected chi connectivity index (χ2v) is 10.2. The van der Waals surface area contributed by atoms with Gasteiger partial charge in [0.2, 0.25) is 10.0 Å². The number of benzene rings is 3. The topological polar surface area (TPSA) is 75.7 Å². The van der Waals surface area contributed by atoms with E-state index >= 15 is 0 Å². The van der Waals surface area contributed by atoms with E-state index in [-0.39, 0.29) is 18.6 Å². The first kappa shape index (κ1) is 24.3. The first-order chi connectivity index (χ1) is 15.6. The van der Waals surface area contributed by atoms with Gasteiger partial charge in [-0.05, 0) is 73.9 Å². The van der Waals surface area contributed by atoms with Gasteiger partial charge in [-0.1, -0.05) is 36.4 Å². The van der Waals surface area contributed by atoms with Crippen LogP contribution in [-0.2, 0) is 23.1 Å². The van der Waals surface area contributed by atoms with Gasteiger partial charge in [0.25, 0.3) is 5.91 Å². The second-order valence-electron chi connectivity index (χ2n) is 8.30. The normalized spacial score (nSPS) is 11.3. The lowest BCUT2D eigenvalue weighted by Gasteiger charge is -2.23. The highest BCUT2D eigenvalue weighted by atomic mass is 32.2. The van der Waals surface area contributed by atoms with E-state index in [1.54, 1.807) is 30.3 Å². The van der Waals surface area contributed by atoms with Crippen LogP contribution in [0.2, 0.25) is 0 Å². The fraction of sp³-hybridized carbons (Fsp3) is 0.269. The van der Waals surface area contributed by atoms with Gasteiger partial charge in [-0.25, -0.2) is 8.42 Å². The SMILES string of the molecule is Cc1cccc(N(Cc2ccc(C(=O)NCc3ccc(OC(C)C)cc3)cc2)S(C)(=O)=O)c1. The molecule has 0 bridgehead atoms. The minimum atomic E-state index is -3.46. The zero-order valence-corrected chi connectivity index (χ0v) is 20.2. The van der Waals surface area contributed by atoms with Gasteiger partial charge in [-0.15, -0.1) is 0 Å². The molecule has 7 heteroatoms. The number of anilines is 1. The minimum Gasteiger partial charge on any atom is -0.491 e. The number of amides is 1. The highest BCUT2D eigenvalue weighted by Gasteiger charge is 2.18. The summed E-state index contributed by atoms with van der Waals surface area (Å²) in [5.74, 6) is 0.604. The molecule has 0 aliphatic carbocycles. The van der Waals surface area contributed by atoms with Gasteiger partial charge in [0.15, 0.2) is 0 Å². The van der Waals surface area contributed by atoms with Crippen molar-refractivity contribution in [3.63, 3.8) is 0 Å². The van der Waals surface area contributed by atoms with Crippen molar-refractivity contribution in [3.8, 4) is 5.75 Å². The summed E-state index contributed by atoms with van der Waals surface area (Å²) in [6, 6.07) is 22.0. The zero-order valence-electron chi connectivity index (χ0n) is 19.4. The van der Waals surface area contributed by atoms with Crippen LogP contribution in [0.3, 0.4) is 0 Å². The molecule has 1 N–H and O–H groups in total. The lowest BCUT2D eigenvalue weighted by Crippen LogP contribution is -2.29. The zero-order chi connectivity index (χ0) is 24.0. The number of sulfonamides is 1. The molecule has 3 aromatic rings. The Bertz CT molecular complexity index is 1190. The van der Waals surface area contributed by atoms with Crippen LogP contribution in [-0.4, -0.2) is 26.7 Å². The summed E-state index contributed by atoms with van der Waals surface area (Å²) in [5, 5.41) is 2.91. The van der Waals surface area contributed by atoms with Crippen LogP contribution >= 0.6 is 0 Å². The Morgan fingerprint density at radius 2 is 1.61 bits per heavy atom. The number of carbonyl (C=O) groups excluding carboxylic acids is 1. The Morgan fingerprint density at radius 3 is 2.18 bits per heavy atom. The number of hydrogen-bond acceptors (Lipinski definition) is 4. The van der Waals surface area contributed by atoms with E-state index in [2.05, 4.69) is 5.32 Å². The van der Waals surface area contributed by atoms with Crippen LogP contribution in [0.15, 0.2) is 72.8 Å². The van der Waals surface area contributed by atoms with Crippen molar-refractivity contribution in [1.82, 2.24) is 5.32 Å². The molecule has 0 atom stereocenters. The maximum Gasteiger partial charge on any atom is 0.251 e. The van der Waals surface area contributed by atoms with Crippen LogP contribution in [0, 0.1) is 6.92 Å². The summed E-state index contributed by atoms with van der Waals surface area (Å²) in [4.78, 5) is 12.5. The summed E-state index contributed by atoms with van der Waals surface area (Å²) in [7, 11) is -3.46. The molecular formula is C26H30N2O4S. The van der Waals surface area contributed by atoms with Crippen molar-refractivity contribution in [2.75, 3.05) is 10.6 Å². The first-order valence-electron chi connectivity index (χ1n) is 10.8. The van der Waals surface area contributed by atoms with Gasteiger partial charge in [0.1, 0.15) is 5.75 Å². The third-order valence-corrected chi connectivity index (χ3v) is 6.12. The number of nitrogens with zero attached hydrogens (tertiary/aromatic N) is 1. The lowest BCUT2D eigenvalue weighted by molar-refractivity contribution is 0.0951. The third kappa shape index (κ3) is 7.08. The number of ether oxygens (including phenoxy) is 1. The molecule has 3 aromatic carbocycles. The molecule has 0 aliphatic rings. The van der Waals surface area contributed by atoms with E-state index in [1.165, 1.54) is 10.6 Å². The van der Waals surface area contributed by atoms with Crippen molar-refractivity contribution < 1.29 is 17.9 Å². The number of carbonyl (C=O) groups is 1. The molecule has 0 unspecified atom stereocenters. The molecular weight excluding hydrogens is 436 g/mol. The Labute approximate surface area is 196 Å². The molecule has 0 saturated carbocycles. The van der Waals surface area contributed by atoms with E-state index in [4.69, 9.17) is 4.74 Å². The first-order valence-corrected chi connectivity index (χ1v) is 12.6. The fourth-order valence-electron chi connectivity index (χ4n) is 3.35. The summed E-state index contributed by atoms with van der Waals surface area (Å²) >= 11 is 0. The highest BCUT2D eigenvalue weighted by Crippen LogP contribution is 2.22. The Balaban J connectivity index is 1.63. The molecule has 0 fully saturated rings. The summed E-state index contributed by atoms with van der Waals surface area (Å²) < 4.78 is 31.7. The second kappa shape index (κ2) is 10.5. The van der Waals surface area contributed by atoms with E-state index in [0.29, 0.717) is 17.8 Å². The quantitative estimate of drug-likeness (QED) is 0.497. The van der Waals surface area contributed by atoms with Gasteiger partial charge in [0.05, 0.1) is 24.6 Å². The van der Waals surface area contributed by atoms with Crippen LogP contribution in [0.25, 0.3) is 0 Å². The Hall–Kier alpha value is -3.32. The number of hydrogen-bond donors (Lipinski definition) is 1. The van der Waals surface area contributed by atoms with Gasteiger partial charge in [-0.2, -0.15) is 0 Å². The van der Waals surface area contributed by atoms with Gasteiger partial charge < -0.3 is 10.1 Å². The van der Waals surface area contributed by atoms with Crippen molar-refractivity contribution in [3.05, 3.63) is 95.1 Å². The van der Waals surface area contributed by atoms with Gasteiger partial charge in [0, 0.05) is 12.1 Å². The van der Waals surface area contributed by atoms with E-state index < -0.39 is 10.0 Å². The van der Waals surface area contributed by atoms with E-state index in [9.17, 15) is 13.2 Å². The molecule has 0 spiro atoms. The molecule has 0 radical (unpaired) electrons. The fourth-order valence-corrected chi connectivity index (χ4v) is 4.23. The van der Waals surface area contributed by atoms with Crippen molar-refractivity contribution in [1.29, 1.82) is 0 Å². The average molecular weight is 467 g/mol.